The van der Waals surface area contributed by atoms with Gasteiger partial charge in [-0.05, 0) is 37.6 Å². The van der Waals surface area contributed by atoms with Gasteiger partial charge in [0.15, 0.2) is 12.7 Å². The first-order chi connectivity index (χ1) is 11.5. The van der Waals surface area contributed by atoms with Crippen LogP contribution in [0.25, 0.3) is 0 Å². The number of hydrogen-bond donors (Lipinski definition) is 1. The second-order valence-electron chi connectivity index (χ2n) is 5.04. The Kier molecular flexibility index (Phi) is 6.14. The zero-order chi connectivity index (χ0) is 17.5. The van der Waals surface area contributed by atoms with Crippen molar-refractivity contribution < 1.29 is 19.1 Å². The number of halogens is 1. The van der Waals surface area contributed by atoms with Crippen molar-refractivity contribution in [2.45, 2.75) is 20.0 Å². The summed E-state index contributed by atoms with van der Waals surface area (Å²) >= 11 is 5.72. The van der Waals surface area contributed by atoms with Crippen LogP contribution in [0.1, 0.15) is 12.5 Å². The van der Waals surface area contributed by atoms with Gasteiger partial charge in [0.1, 0.15) is 11.6 Å². The molecular weight excluding hydrogens is 332 g/mol. The molecule has 1 heterocycles. The summed E-state index contributed by atoms with van der Waals surface area (Å²) in [6, 6.07) is 10.5. The maximum absolute atomic E-state index is 12.0. The minimum atomic E-state index is -0.976. The Morgan fingerprint density at radius 1 is 1.25 bits per heavy atom. The average Bonchev–Trinajstić information content (AvgIpc) is 2.56. The van der Waals surface area contributed by atoms with Crippen LogP contribution in [-0.4, -0.2) is 29.6 Å². The summed E-state index contributed by atoms with van der Waals surface area (Å²) in [5, 5.41) is 2.99. The number of amides is 1. The van der Waals surface area contributed by atoms with Crippen molar-refractivity contribution in [3.63, 3.8) is 0 Å². The monoisotopic (exact) mass is 348 g/mol. The van der Waals surface area contributed by atoms with E-state index in [0.717, 1.165) is 5.56 Å². The average molecular weight is 349 g/mol. The summed E-state index contributed by atoms with van der Waals surface area (Å²) < 4.78 is 10.4. The van der Waals surface area contributed by atoms with Crippen molar-refractivity contribution in [3.05, 3.63) is 53.2 Å². The number of aryl methyl sites for hydroxylation is 1. The van der Waals surface area contributed by atoms with Crippen molar-refractivity contribution in [1.82, 2.24) is 4.98 Å². The summed E-state index contributed by atoms with van der Waals surface area (Å²) in [5.41, 5.74) is 0.907. The highest BCUT2D eigenvalue weighted by atomic mass is 35.5. The highest BCUT2D eigenvalue weighted by Crippen LogP contribution is 2.16. The van der Waals surface area contributed by atoms with Crippen LogP contribution in [0, 0.1) is 6.92 Å². The number of esters is 1. The summed E-state index contributed by atoms with van der Waals surface area (Å²) in [5.74, 6) is -0.209. The van der Waals surface area contributed by atoms with Crippen LogP contribution in [0.2, 0.25) is 5.02 Å². The third-order valence-electron chi connectivity index (χ3n) is 3.10. The molecule has 6 nitrogen and oxygen atoms in total. The minimum absolute atomic E-state index is 0.276. The first kappa shape index (κ1) is 17.7. The molecule has 0 aliphatic heterocycles. The standard InChI is InChI=1S/C17H17ClN2O4/c1-11-5-3-4-6-14(11)23-10-16(21)24-12(2)17(22)20-15-8-7-13(18)9-19-15/h3-9,12H,10H2,1-2H3,(H,19,20,22)/t12-/m1/s1. The molecule has 0 unspecified atom stereocenters. The molecule has 126 valence electrons. The largest absolute Gasteiger partial charge is 0.482 e. The number of benzene rings is 1. The van der Waals surface area contributed by atoms with E-state index in [-0.39, 0.29) is 6.61 Å². The Labute approximate surface area is 144 Å². The second-order valence-corrected chi connectivity index (χ2v) is 5.47. The molecule has 1 aromatic heterocycles. The number of nitrogens with one attached hydrogen (secondary N) is 1. The fourth-order valence-corrected chi connectivity index (χ4v) is 1.93. The SMILES string of the molecule is Cc1ccccc1OCC(=O)O[C@H](C)C(=O)Nc1ccc(Cl)cn1. The fourth-order valence-electron chi connectivity index (χ4n) is 1.82. The highest BCUT2D eigenvalue weighted by Gasteiger charge is 2.18. The van der Waals surface area contributed by atoms with Gasteiger partial charge in [0.05, 0.1) is 5.02 Å². The summed E-state index contributed by atoms with van der Waals surface area (Å²) in [4.78, 5) is 27.7. The number of rotatable bonds is 6. The molecule has 0 fully saturated rings. The predicted molar refractivity (Wildman–Crippen MR) is 90.1 cm³/mol. The molecule has 0 spiro atoms. The van der Waals surface area contributed by atoms with Crippen LogP contribution in [-0.2, 0) is 14.3 Å². The summed E-state index contributed by atoms with van der Waals surface area (Å²) in [6.45, 7) is 3.06. The van der Waals surface area contributed by atoms with Crippen LogP contribution >= 0.6 is 11.6 Å². The van der Waals surface area contributed by atoms with Crippen molar-refractivity contribution in [2.24, 2.45) is 0 Å². The predicted octanol–water partition coefficient (Wildman–Crippen LogP) is 2.99. The van der Waals surface area contributed by atoms with E-state index in [0.29, 0.717) is 16.6 Å². The van der Waals surface area contributed by atoms with E-state index >= 15 is 0 Å². The topological polar surface area (TPSA) is 77.5 Å². The fraction of sp³-hybridized carbons (Fsp3) is 0.235. The quantitative estimate of drug-likeness (QED) is 0.812. The van der Waals surface area contributed by atoms with Gasteiger partial charge in [-0.1, -0.05) is 29.8 Å². The molecule has 1 aromatic carbocycles. The molecule has 0 saturated carbocycles. The molecule has 2 rings (SSSR count). The number of ether oxygens (including phenoxy) is 2. The molecular formula is C17H17ClN2O4. The van der Waals surface area contributed by atoms with Gasteiger partial charge in [0, 0.05) is 6.20 Å². The molecule has 1 N–H and O–H groups in total. The van der Waals surface area contributed by atoms with E-state index < -0.39 is 18.0 Å². The number of hydrogen-bond acceptors (Lipinski definition) is 5. The van der Waals surface area contributed by atoms with Crippen molar-refractivity contribution in [1.29, 1.82) is 0 Å². The molecule has 2 aromatic rings. The molecule has 0 aliphatic rings. The number of aromatic nitrogens is 1. The molecule has 0 saturated heterocycles. The number of anilines is 1. The zero-order valence-electron chi connectivity index (χ0n) is 13.3. The van der Waals surface area contributed by atoms with Gasteiger partial charge in [-0.2, -0.15) is 0 Å². The molecule has 0 aliphatic carbocycles. The van der Waals surface area contributed by atoms with Crippen molar-refractivity contribution in [2.75, 3.05) is 11.9 Å². The molecule has 24 heavy (non-hydrogen) atoms. The van der Waals surface area contributed by atoms with Gasteiger partial charge in [-0.3, -0.25) is 4.79 Å². The summed E-state index contributed by atoms with van der Waals surface area (Å²) in [7, 11) is 0. The van der Waals surface area contributed by atoms with Gasteiger partial charge in [-0.25, -0.2) is 9.78 Å². The lowest BCUT2D eigenvalue weighted by Crippen LogP contribution is -2.32. The molecule has 1 amide bonds. The Hall–Kier alpha value is -2.60. The normalized spacial score (nSPS) is 11.5. The Morgan fingerprint density at radius 3 is 2.67 bits per heavy atom. The third-order valence-corrected chi connectivity index (χ3v) is 3.32. The molecule has 0 bridgehead atoms. The van der Waals surface area contributed by atoms with Crippen LogP contribution < -0.4 is 10.1 Å². The van der Waals surface area contributed by atoms with Gasteiger partial charge >= 0.3 is 5.97 Å². The second kappa shape index (κ2) is 8.31. The molecule has 1 atom stereocenters. The number of carbonyl (C=O) groups excluding carboxylic acids is 2. The van der Waals surface area contributed by atoms with E-state index in [1.807, 2.05) is 25.1 Å². The van der Waals surface area contributed by atoms with E-state index in [9.17, 15) is 9.59 Å². The zero-order valence-corrected chi connectivity index (χ0v) is 14.0. The third kappa shape index (κ3) is 5.24. The van der Waals surface area contributed by atoms with Crippen LogP contribution in [0.4, 0.5) is 5.82 Å². The first-order valence-electron chi connectivity index (χ1n) is 7.26. The first-order valence-corrected chi connectivity index (χ1v) is 7.64. The van der Waals surface area contributed by atoms with Crippen LogP contribution in [0.3, 0.4) is 0 Å². The van der Waals surface area contributed by atoms with Crippen LogP contribution in [0.15, 0.2) is 42.6 Å². The lowest BCUT2D eigenvalue weighted by Gasteiger charge is -2.14. The molecule has 0 radical (unpaired) electrons. The van der Waals surface area contributed by atoms with E-state index in [4.69, 9.17) is 21.1 Å². The number of pyridine rings is 1. The van der Waals surface area contributed by atoms with Crippen LogP contribution in [0.5, 0.6) is 5.75 Å². The van der Waals surface area contributed by atoms with Crippen molar-refractivity contribution in [3.8, 4) is 5.75 Å². The maximum atomic E-state index is 12.0. The summed E-state index contributed by atoms with van der Waals surface area (Å²) in [6.07, 6.45) is 0.430. The lowest BCUT2D eigenvalue weighted by atomic mass is 10.2. The van der Waals surface area contributed by atoms with Gasteiger partial charge in [-0.15, -0.1) is 0 Å². The number of para-hydroxylation sites is 1. The number of nitrogens with zero attached hydrogens (tertiary/aromatic N) is 1. The lowest BCUT2D eigenvalue weighted by molar-refractivity contribution is -0.155. The Morgan fingerprint density at radius 2 is 2.00 bits per heavy atom. The van der Waals surface area contributed by atoms with E-state index in [2.05, 4.69) is 10.3 Å². The Balaban J connectivity index is 1.81. The van der Waals surface area contributed by atoms with Gasteiger partial charge < -0.3 is 14.8 Å². The van der Waals surface area contributed by atoms with Crippen molar-refractivity contribution >= 4 is 29.3 Å². The molecule has 7 heteroatoms. The number of carbonyl (C=O) groups is 2. The highest BCUT2D eigenvalue weighted by molar-refractivity contribution is 6.30. The maximum Gasteiger partial charge on any atom is 0.344 e. The van der Waals surface area contributed by atoms with Gasteiger partial charge in [0.25, 0.3) is 5.91 Å². The van der Waals surface area contributed by atoms with E-state index in [1.165, 1.54) is 13.1 Å². The minimum Gasteiger partial charge on any atom is -0.482 e. The van der Waals surface area contributed by atoms with Gasteiger partial charge in [0.2, 0.25) is 0 Å². The van der Waals surface area contributed by atoms with E-state index in [1.54, 1.807) is 18.2 Å². The smallest absolute Gasteiger partial charge is 0.344 e. The Bertz CT molecular complexity index is 719.